The van der Waals surface area contributed by atoms with Crippen LogP contribution < -0.4 is 11.1 Å². The summed E-state index contributed by atoms with van der Waals surface area (Å²) in [4.78, 5) is 0. The monoisotopic (exact) mass is 272 g/mol. The fourth-order valence-electron chi connectivity index (χ4n) is 2.49. The van der Waals surface area contributed by atoms with Gasteiger partial charge in [0.05, 0.1) is 15.7 Å². The van der Waals surface area contributed by atoms with E-state index in [1.165, 1.54) is 19.3 Å². The number of anilines is 1. The molecule has 4 heteroatoms. The molecule has 0 saturated heterocycles. The summed E-state index contributed by atoms with van der Waals surface area (Å²) < 4.78 is 0. The van der Waals surface area contributed by atoms with E-state index in [0.717, 1.165) is 18.7 Å². The first-order valence-corrected chi connectivity index (χ1v) is 6.88. The smallest absolute Gasteiger partial charge is 0.0823 e. The molecule has 0 radical (unpaired) electrons. The van der Waals surface area contributed by atoms with Gasteiger partial charge in [0, 0.05) is 6.04 Å². The molecule has 2 nitrogen and oxygen atoms in total. The SMILES string of the molecule is NCC1CCCCC1Nc1cccc(Cl)c1Cl. The lowest BCUT2D eigenvalue weighted by atomic mass is 9.84. The lowest BCUT2D eigenvalue weighted by molar-refractivity contribution is 0.332. The predicted molar refractivity (Wildman–Crippen MR) is 74.9 cm³/mol. The van der Waals surface area contributed by atoms with Crippen molar-refractivity contribution in [2.24, 2.45) is 11.7 Å². The Morgan fingerprint density at radius 3 is 2.76 bits per heavy atom. The molecule has 1 fully saturated rings. The first-order chi connectivity index (χ1) is 8.22. The zero-order chi connectivity index (χ0) is 12.3. The van der Waals surface area contributed by atoms with E-state index < -0.39 is 0 Å². The highest BCUT2D eigenvalue weighted by Gasteiger charge is 2.24. The molecular formula is C13H18Cl2N2. The zero-order valence-electron chi connectivity index (χ0n) is 9.76. The number of benzene rings is 1. The van der Waals surface area contributed by atoms with Gasteiger partial charge in [-0.25, -0.2) is 0 Å². The second-order valence-electron chi connectivity index (χ2n) is 4.63. The summed E-state index contributed by atoms with van der Waals surface area (Å²) in [6.07, 6.45) is 4.90. The molecule has 1 aliphatic carbocycles. The van der Waals surface area contributed by atoms with Crippen LogP contribution in [0, 0.1) is 5.92 Å². The molecule has 1 aliphatic rings. The lowest BCUT2D eigenvalue weighted by Gasteiger charge is -2.32. The number of halogens is 2. The van der Waals surface area contributed by atoms with Crippen LogP contribution in [0.4, 0.5) is 5.69 Å². The van der Waals surface area contributed by atoms with Gasteiger partial charge in [-0.3, -0.25) is 0 Å². The van der Waals surface area contributed by atoms with E-state index in [1.54, 1.807) is 6.07 Å². The van der Waals surface area contributed by atoms with E-state index in [1.807, 2.05) is 12.1 Å². The Bertz CT molecular complexity index is 382. The van der Waals surface area contributed by atoms with Crippen LogP contribution in [0.3, 0.4) is 0 Å². The Balaban J connectivity index is 2.11. The maximum atomic E-state index is 6.18. The molecular weight excluding hydrogens is 255 g/mol. The van der Waals surface area contributed by atoms with Gasteiger partial charge in [-0.05, 0) is 37.4 Å². The van der Waals surface area contributed by atoms with Gasteiger partial charge in [-0.2, -0.15) is 0 Å². The van der Waals surface area contributed by atoms with Crippen molar-refractivity contribution in [3.05, 3.63) is 28.2 Å². The second kappa shape index (κ2) is 5.94. The van der Waals surface area contributed by atoms with E-state index in [4.69, 9.17) is 28.9 Å². The third-order valence-electron chi connectivity index (χ3n) is 3.50. The van der Waals surface area contributed by atoms with Crippen LogP contribution in [0.5, 0.6) is 0 Å². The second-order valence-corrected chi connectivity index (χ2v) is 5.42. The molecule has 1 aromatic rings. The molecule has 0 bridgehead atoms. The highest BCUT2D eigenvalue weighted by atomic mass is 35.5. The molecule has 3 N–H and O–H groups in total. The molecule has 0 aromatic heterocycles. The van der Waals surface area contributed by atoms with Crippen LogP contribution in [0.15, 0.2) is 18.2 Å². The van der Waals surface area contributed by atoms with Crippen molar-refractivity contribution in [1.82, 2.24) is 0 Å². The third kappa shape index (κ3) is 3.06. The van der Waals surface area contributed by atoms with E-state index in [-0.39, 0.29) is 0 Å². The lowest BCUT2D eigenvalue weighted by Crippen LogP contribution is -2.36. The van der Waals surface area contributed by atoms with Gasteiger partial charge in [0.25, 0.3) is 0 Å². The summed E-state index contributed by atoms with van der Waals surface area (Å²) in [5.74, 6) is 0.541. The quantitative estimate of drug-likeness (QED) is 0.875. The Labute approximate surface area is 112 Å². The largest absolute Gasteiger partial charge is 0.381 e. The van der Waals surface area contributed by atoms with Crippen LogP contribution >= 0.6 is 23.2 Å². The van der Waals surface area contributed by atoms with E-state index in [0.29, 0.717) is 22.0 Å². The molecule has 2 atom stereocenters. The summed E-state index contributed by atoms with van der Waals surface area (Å²) in [7, 11) is 0. The predicted octanol–water partition coefficient (Wildman–Crippen LogP) is 3.92. The van der Waals surface area contributed by atoms with Crippen molar-refractivity contribution in [2.45, 2.75) is 31.7 Å². The molecule has 2 rings (SSSR count). The van der Waals surface area contributed by atoms with Gasteiger partial charge in [-0.1, -0.05) is 42.1 Å². The first-order valence-electron chi connectivity index (χ1n) is 6.13. The van der Waals surface area contributed by atoms with Gasteiger partial charge < -0.3 is 11.1 Å². The molecule has 94 valence electrons. The van der Waals surface area contributed by atoms with Crippen LogP contribution in [-0.4, -0.2) is 12.6 Å². The minimum Gasteiger partial charge on any atom is -0.381 e. The minimum atomic E-state index is 0.421. The minimum absolute atomic E-state index is 0.421. The topological polar surface area (TPSA) is 38.0 Å². The number of rotatable bonds is 3. The molecule has 1 aromatic carbocycles. The average molecular weight is 273 g/mol. The van der Waals surface area contributed by atoms with Crippen molar-refractivity contribution in [3.63, 3.8) is 0 Å². The van der Waals surface area contributed by atoms with Crippen LogP contribution in [-0.2, 0) is 0 Å². The highest BCUT2D eigenvalue weighted by Crippen LogP contribution is 2.33. The molecule has 0 amide bonds. The Hall–Kier alpha value is -0.440. The van der Waals surface area contributed by atoms with Crippen LogP contribution in [0.1, 0.15) is 25.7 Å². The molecule has 0 aliphatic heterocycles. The van der Waals surface area contributed by atoms with Gasteiger partial charge in [0.1, 0.15) is 0 Å². The van der Waals surface area contributed by atoms with Crippen LogP contribution in [0.2, 0.25) is 10.0 Å². The summed E-state index contributed by atoms with van der Waals surface area (Å²) >= 11 is 12.2. The summed E-state index contributed by atoms with van der Waals surface area (Å²) in [6.45, 7) is 0.732. The fourth-order valence-corrected chi connectivity index (χ4v) is 2.85. The van der Waals surface area contributed by atoms with Crippen molar-refractivity contribution < 1.29 is 0 Å². The Morgan fingerprint density at radius 2 is 2.00 bits per heavy atom. The standard InChI is InChI=1S/C13H18Cl2N2/c14-10-5-3-7-12(13(10)15)17-11-6-2-1-4-9(11)8-16/h3,5,7,9,11,17H,1-2,4,6,8,16H2. The van der Waals surface area contributed by atoms with Crippen molar-refractivity contribution in [2.75, 3.05) is 11.9 Å². The zero-order valence-corrected chi connectivity index (χ0v) is 11.3. The molecule has 17 heavy (non-hydrogen) atoms. The first kappa shape index (κ1) is 13.0. The Kier molecular flexibility index (Phi) is 4.55. The van der Waals surface area contributed by atoms with E-state index in [9.17, 15) is 0 Å². The number of hydrogen-bond donors (Lipinski definition) is 2. The van der Waals surface area contributed by atoms with Crippen molar-refractivity contribution in [3.8, 4) is 0 Å². The molecule has 2 unspecified atom stereocenters. The maximum absolute atomic E-state index is 6.18. The Morgan fingerprint density at radius 1 is 1.24 bits per heavy atom. The normalized spacial score (nSPS) is 24.6. The summed E-state index contributed by atoms with van der Waals surface area (Å²) in [5.41, 5.74) is 6.74. The third-order valence-corrected chi connectivity index (χ3v) is 4.32. The molecule has 0 heterocycles. The number of nitrogens with one attached hydrogen (secondary N) is 1. The van der Waals surface area contributed by atoms with Gasteiger partial charge in [-0.15, -0.1) is 0 Å². The maximum Gasteiger partial charge on any atom is 0.0823 e. The highest BCUT2D eigenvalue weighted by molar-refractivity contribution is 6.43. The average Bonchev–Trinajstić information content (AvgIpc) is 2.35. The summed E-state index contributed by atoms with van der Waals surface area (Å²) in [6, 6.07) is 6.11. The van der Waals surface area contributed by atoms with Gasteiger partial charge in [0.2, 0.25) is 0 Å². The molecule has 1 saturated carbocycles. The summed E-state index contributed by atoms with van der Waals surface area (Å²) in [5, 5.41) is 4.70. The fraction of sp³-hybridized carbons (Fsp3) is 0.538. The number of nitrogens with two attached hydrogens (primary N) is 1. The van der Waals surface area contributed by atoms with Gasteiger partial charge in [0.15, 0.2) is 0 Å². The van der Waals surface area contributed by atoms with Crippen molar-refractivity contribution in [1.29, 1.82) is 0 Å². The van der Waals surface area contributed by atoms with Gasteiger partial charge >= 0.3 is 0 Å². The van der Waals surface area contributed by atoms with E-state index in [2.05, 4.69) is 5.32 Å². The van der Waals surface area contributed by atoms with Crippen molar-refractivity contribution >= 4 is 28.9 Å². The molecule has 0 spiro atoms. The van der Waals surface area contributed by atoms with E-state index >= 15 is 0 Å². The number of hydrogen-bond acceptors (Lipinski definition) is 2. The van der Waals surface area contributed by atoms with Crippen LogP contribution in [0.25, 0.3) is 0 Å².